The summed E-state index contributed by atoms with van der Waals surface area (Å²) in [5, 5.41) is 1.98. The highest BCUT2D eigenvalue weighted by atomic mass is 19.4. The average molecular weight is 207 g/mol. The Balaban J connectivity index is 1.80. The van der Waals surface area contributed by atoms with Gasteiger partial charge in [-0.25, -0.2) is 0 Å². The quantitative estimate of drug-likeness (QED) is 0.751. The van der Waals surface area contributed by atoms with Gasteiger partial charge in [0.1, 0.15) is 0 Å². The smallest absolute Gasteiger partial charge is 0.348 e. The maximum Gasteiger partial charge on any atom is 0.471 e. The van der Waals surface area contributed by atoms with Gasteiger partial charge >= 0.3 is 12.1 Å². The second-order valence-electron chi connectivity index (χ2n) is 4.32. The van der Waals surface area contributed by atoms with Crippen LogP contribution in [0, 0.1) is 11.3 Å². The Kier molecular flexibility index (Phi) is 2.01. The number of nitrogens with one attached hydrogen (secondary N) is 1. The maximum atomic E-state index is 11.8. The molecule has 1 amide bonds. The van der Waals surface area contributed by atoms with Gasteiger partial charge in [-0.05, 0) is 37.0 Å². The highest BCUT2D eigenvalue weighted by Crippen LogP contribution is 2.60. The van der Waals surface area contributed by atoms with Crippen LogP contribution >= 0.6 is 0 Å². The molecule has 2 saturated carbocycles. The van der Waals surface area contributed by atoms with E-state index < -0.39 is 12.1 Å². The van der Waals surface area contributed by atoms with Gasteiger partial charge in [-0.15, -0.1) is 0 Å². The summed E-state index contributed by atoms with van der Waals surface area (Å²) in [4.78, 5) is 10.5. The van der Waals surface area contributed by atoms with E-state index in [0.717, 1.165) is 25.7 Å². The summed E-state index contributed by atoms with van der Waals surface area (Å²) in [6.07, 6.45) is -0.574. The second-order valence-corrected chi connectivity index (χ2v) is 4.32. The summed E-state index contributed by atoms with van der Waals surface area (Å²) in [6.45, 7) is 0.204. The third-order valence-electron chi connectivity index (χ3n) is 3.19. The minimum atomic E-state index is -4.74. The topological polar surface area (TPSA) is 29.1 Å². The molecule has 0 aromatic heterocycles. The van der Waals surface area contributed by atoms with Crippen molar-refractivity contribution in [1.29, 1.82) is 0 Å². The van der Waals surface area contributed by atoms with Crippen molar-refractivity contribution in [2.45, 2.75) is 31.9 Å². The fourth-order valence-electron chi connectivity index (χ4n) is 1.94. The minimum Gasteiger partial charge on any atom is -0.348 e. The molecule has 14 heavy (non-hydrogen) atoms. The van der Waals surface area contributed by atoms with Gasteiger partial charge in [0.05, 0.1) is 0 Å². The molecule has 0 bridgehead atoms. The van der Waals surface area contributed by atoms with Crippen LogP contribution in [0.3, 0.4) is 0 Å². The Labute approximate surface area is 79.9 Å². The molecule has 0 radical (unpaired) electrons. The summed E-state index contributed by atoms with van der Waals surface area (Å²) < 4.78 is 35.5. The SMILES string of the molecule is O=C(NCC1(C2CC2)CC1)C(F)(F)F. The van der Waals surface area contributed by atoms with Crippen LogP contribution in [0.15, 0.2) is 0 Å². The third-order valence-corrected chi connectivity index (χ3v) is 3.19. The largest absolute Gasteiger partial charge is 0.471 e. The van der Waals surface area contributed by atoms with Gasteiger partial charge in [0, 0.05) is 6.54 Å². The van der Waals surface area contributed by atoms with Crippen LogP contribution < -0.4 is 5.32 Å². The normalized spacial score (nSPS) is 24.5. The first-order valence-electron chi connectivity index (χ1n) is 4.79. The third kappa shape index (κ3) is 1.86. The minimum absolute atomic E-state index is 0.0287. The molecule has 80 valence electrons. The maximum absolute atomic E-state index is 11.8. The zero-order chi connectivity index (χ0) is 10.4. The van der Waals surface area contributed by atoms with Crippen LogP contribution in [0.5, 0.6) is 0 Å². The van der Waals surface area contributed by atoms with Crippen LogP contribution in [0.2, 0.25) is 0 Å². The number of amides is 1. The lowest BCUT2D eigenvalue weighted by Crippen LogP contribution is -2.40. The molecule has 2 aliphatic rings. The number of alkyl halides is 3. The van der Waals surface area contributed by atoms with Crippen molar-refractivity contribution in [3.8, 4) is 0 Å². The van der Waals surface area contributed by atoms with Crippen molar-refractivity contribution in [2.24, 2.45) is 11.3 Å². The number of halogens is 3. The number of carbonyl (C=O) groups excluding carboxylic acids is 1. The van der Waals surface area contributed by atoms with Crippen LogP contribution in [0.4, 0.5) is 13.2 Å². The second kappa shape index (κ2) is 2.87. The predicted molar refractivity (Wildman–Crippen MR) is 43.5 cm³/mol. The fraction of sp³-hybridized carbons (Fsp3) is 0.889. The van der Waals surface area contributed by atoms with Gasteiger partial charge in [0.15, 0.2) is 0 Å². The summed E-state index contributed by atoms with van der Waals surface area (Å²) in [5.41, 5.74) is 0.0287. The Morgan fingerprint density at radius 1 is 1.36 bits per heavy atom. The van der Waals surface area contributed by atoms with Crippen LogP contribution in [0.25, 0.3) is 0 Å². The molecule has 2 aliphatic carbocycles. The molecule has 0 heterocycles. The van der Waals surface area contributed by atoms with Crippen molar-refractivity contribution in [3.05, 3.63) is 0 Å². The molecule has 0 atom stereocenters. The Morgan fingerprint density at radius 3 is 2.29 bits per heavy atom. The van der Waals surface area contributed by atoms with Crippen molar-refractivity contribution < 1.29 is 18.0 Å². The molecule has 2 fully saturated rings. The predicted octanol–water partition coefficient (Wildman–Crippen LogP) is 1.86. The Hall–Kier alpha value is -0.740. The average Bonchev–Trinajstić information content (AvgIpc) is 2.89. The molecular weight excluding hydrogens is 195 g/mol. The van der Waals surface area contributed by atoms with E-state index in [4.69, 9.17) is 0 Å². The molecule has 5 heteroatoms. The molecular formula is C9H12F3NO. The van der Waals surface area contributed by atoms with E-state index in [2.05, 4.69) is 0 Å². The number of hydrogen-bond acceptors (Lipinski definition) is 1. The van der Waals surface area contributed by atoms with Crippen molar-refractivity contribution in [1.82, 2.24) is 5.32 Å². The highest BCUT2D eigenvalue weighted by molar-refractivity contribution is 5.81. The van der Waals surface area contributed by atoms with Gasteiger partial charge in [-0.3, -0.25) is 4.79 Å². The monoisotopic (exact) mass is 207 g/mol. The molecule has 0 aliphatic heterocycles. The van der Waals surface area contributed by atoms with E-state index in [9.17, 15) is 18.0 Å². The molecule has 0 unspecified atom stereocenters. The van der Waals surface area contributed by atoms with Gasteiger partial charge in [0.2, 0.25) is 0 Å². The molecule has 2 nitrogen and oxygen atoms in total. The molecule has 2 rings (SSSR count). The summed E-state index contributed by atoms with van der Waals surface area (Å²) in [7, 11) is 0. The number of hydrogen-bond donors (Lipinski definition) is 1. The molecule has 1 N–H and O–H groups in total. The van der Waals surface area contributed by atoms with E-state index in [1.807, 2.05) is 5.32 Å². The van der Waals surface area contributed by atoms with E-state index >= 15 is 0 Å². The summed E-state index contributed by atoms with van der Waals surface area (Å²) in [5.74, 6) is -1.24. The number of carbonyl (C=O) groups is 1. The van der Waals surface area contributed by atoms with E-state index in [-0.39, 0.29) is 12.0 Å². The van der Waals surface area contributed by atoms with E-state index in [1.54, 1.807) is 0 Å². The lowest BCUT2D eigenvalue weighted by molar-refractivity contribution is -0.173. The van der Waals surface area contributed by atoms with Crippen LogP contribution in [-0.4, -0.2) is 18.6 Å². The zero-order valence-corrected chi connectivity index (χ0v) is 7.66. The molecule has 0 aromatic carbocycles. The lowest BCUT2D eigenvalue weighted by atomic mass is 10.0. The fourth-order valence-corrected chi connectivity index (χ4v) is 1.94. The van der Waals surface area contributed by atoms with Gasteiger partial charge in [-0.1, -0.05) is 0 Å². The highest BCUT2D eigenvalue weighted by Gasteiger charge is 2.54. The summed E-state index contributed by atoms with van der Waals surface area (Å²) in [6, 6.07) is 0. The van der Waals surface area contributed by atoms with Gasteiger partial charge in [-0.2, -0.15) is 13.2 Å². The van der Waals surface area contributed by atoms with Crippen molar-refractivity contribution in [2.75, 3.05) is 6.54 Å². The van der Waals surface area contributed by atoms with Gasteiger partial charge < -0.3 is 5.32 Å². The summed E-state index contributed by atoms with van der Waals surface area (Å²) >= 11 is 0. The van der Waals surface area contributed by atoms with Crippen LogP contribution in [0.1, 0.15) is 25.7 Å². The number of rotatable bonds is 3. The Bertz CT molecular complexity index is 253. The van der Waals surface area contributed by atoms with Crippen molar-refractivity contribution in [3.63, 3.8) is 0 Å². The Morgan fingerprint density at radius 2 is 1.93 bits per heavy atom. The standard InChI is InChI=1S/C9H12F3NO/c10-9(11,12)7(14)13-5-8(3-4-8)6-1-2-6/h6H,1-5H2,(H,13,14). The van der Waals surface area contributed by atoms with Gasteiger partial charge in [0.25, 0.3) is 0 Å². The van der Waals surface area contributed by atoms with E-state index in [1.165, 1.54) is 0 Å². The molecule has 0 aromatic rings. The first kappa shape index (κ1) is 9.80. The molecule has 0 spiro atoms. The first-order valence-corrected chi connectivity index (χ1v) is 4.79. The molecule has 0 saturated heterocycles. The van der Waals surface area contributed by atoms with E-state index in [0.29, 0.717) is 5.92 Å². The first-order chi connectivity index (χ1) is 6.44. The lowest BCUT2D eigenvalue weighted by Gasteiger charge is -2.15. The zero-order valence-electron chi connectivity index (χ0n) is 7.66. The van der Waals surface area contributed by atoms with Crippen LogP contribution in [-0.2, 0) is 4.79 Å². The van der Waals surface area contributed by atoms with Crippen molar-refractivity contribution >= 4 is 5.91 Å².